The standard InChI is InChI=1S/C15H31NO4S/c1-3-4-5-6-7-8-9-10-11-12-15(17)20-21(18,19)14(2)13-16/h14H,3-13,16H2,1-2H3. The van der Waals surface area contributed by atoms with E-state index in [1.807, 2.05) is 0 Å². The predicted octanol–water partition coefficient (Wildman–Crippen LogP) is 3.13. The molecule has 0 heterocycles. The van der Waals surface area contributed by atoms with Crippen LogP contribution < -0.4 is 5.73 Å². The Morgan fingerprint density at radius 3 is 1.95 bits per heavy atom. The molecule has 0 fully saturated rings. The van der Waals surface area contributed by atoms with Gasteiger partial charge in [-0.2, -0.15) is 8.42 Å². The lowest BCUT2D eigenvalue weighted by Crippen LogP contribution is -2.30. The molecular weight excluding hydrogens is 290 g/mol. The van der Waals surface area contributed by atoms with Crippen molar-refractivity contribution in [3.8, 4) is 0 Å². The molecule has 0 aromatic rings. The normalized spacial score (nSPS) is 13.1. The van der Waals surface area contributed by atoms with E-state index in [0.29, 0.717) is 6.42 Å². The maximum atomic E-state index is 11.5. The highest BCUT2D eigenvalue weighted by Crippen LogP contribution is 2.12. The Bertz CT molecular complexity index is 368. The molecule has 0 aliphatic rings. The third-order valence-electron chi connectivity index (χ3n) is 3.52. The highest BCUT2D eigenvalue weighted by molar-refractivity contribution is 7.87. The van der Waals surface area contributed by atoms with Gasteiger partial charge in [0.25, 0.3) is 0 Å². The molecule has 0 amide bonds. The number of unbranched alkanes of at least 4 members (excludes halogenated alkanes) is 8. The first-order chi connectivity index (χ1) is 9.94. The number of hydrogen-bond acceptors (Lipinski definition) is 5. The van der Waals surface area contributed by atoms with Crippen LogP contribution in [0, 0.1) is 0 Å². The van der Waals surface area contributed by atoms with Crippen LogP contribution in [0.15, 0.2) is 0 Å². The fraction of sp³-hybridized carbons (Fsp3) is 0.933. The van der Waals surface area contributed by atoms with Crippen LogP contribution in [0.4, 0.5) is 0 Å². The van der Waals surface area contributed by atoms with E-state index in [4.69, 9.17) is 5.73 Å². The zero-order valence-electron chi connectivity index (χ0n) is 13.5. The van der Waals surface area contributed by atoms with E-state index in [1.54, 1.807) is 0 Å². The van der Waals surface area contributed by atoms with Crippen LogP contribution >= 0.6 is 0 Å². The highest BCUT2D eigenvalue weighted by atomic mass is 32.2. The minimum absolute atomic E-state index is 0.0480. The van der Waals surface area contributed by atoms with Gasteiger partial charge in [0.15, 0.2) is 0 Å². The molecule has 0 saturated carbocycles. The van der Waals surface area contributed by atoms with Crippen molar-refractivity contribution in [3.63, 3.8) is 0 Å². The molecule has 1 unspecified atom stereocenters. The summed E-state index contributed by atoms with van der Waals surface area (Å²) in [6.45, 7) is 3.59. The molecule has 2 N–H and O–H groups in total. The Balaban J connectivity index is 3.59. The van der Waals surface area contributed by atoms with Crippen molar-refractivity contribution in [1.82, 2.24) is 0 Å². The number of hydrogen-bond donors (Lipinski definition) is 1. The lowest BCUT2D eigenvalue weighted by atomic mass is 10.1. The van der Waals surface area contributed by atoms with Crippen LogP contribution in [0.2, 0.25) is 0 Å². The van der Waals surface area contributed by atoms with Gasteiger partial charge in [0.05, 0.1) is 0 Å². The van der Waals surface area contributed by atoms with Gasteiger partial charge in [0.1, 0.15) is 5.25 Å². The van der Waals surface area contributed by atoms with E-state index in [0.717, 1.165) is 12.8 Å². The SMILES string of the molecule is CCCCCCCCCCCC(=O)OS(=O)(=O)C(C)CN. The molecule has 6 heteroatoms. The van der Waals surface area contributed by atoms with Gasteiger partial charge >= 0.3 is 16.1 Å². The second-order valence-electron chi connectivity index (χ2n) is 5.57. The van der Waals surface area contributed by atoms with Crippen molar-refractivity contribution in [2.45, 2.75) is 83.3 Å². The van der Waals surface area contributed by atoms with Crippen LogP contribution in [0.1, 0.15) is 78.1 Å². The summed E-state index contributed by atoms with van der Waals surface area (Å²) in [5.41, 5.74) is 5.26. The van der Waals surface area contributed by atoms with Gasteiger partial charge in [-0.1, -0.05) is 58.3 Å². The minimum atomic E-state index is -3.84. The Morgan fingerprint density at radius 1 is 1.00 bits per heavy atom. The Hall–Kier alpha value is -0.620. The molecule has 0 rings (SSSR count). The average Bonchev–Trinajstić information content (AvgIpc) is 2.44. The summed E-state index contributed by atoms with van der Waals surface area (Å²) < 4.78 is 27.5. The molecule has 0 radical (unpaired) electrons. The lowest BCUT2D eigenvalue weighted by Gasteiger charge is -2.10. The molecule has 0 bridgehead atoms. The fourth-order valence-corrected chi connectivity index (χ4v) is 2.69. The van der Waals surface area contributed by atoms with E-state index in [9.17, 15) is 13.2 Å². The summed E-state index contributed by atoms with van der Waals surface area (Å²) in [7, 11) is -3.84. The number of carbonyl (C=O) groups excluding carboxylic acids is 1. The number of nitrogens with two attached hydrogens (primary N) is 1. The maximum absolute atomic E-state index is 11.5. The predicted molar refractivity (Wildman–Crippen MR) is 85.4 cm³/mol. The first kappa shape index (κ1) is 20.4. The first-order valence-electron chi connectivity index (χ1n) is 8.10. The van der Waals surface area contributed by atoms with Crippen LogP contribution in [-0.2, 0) is 19.1 Å². The Labute approximate surface area is 129 Å². The molecular formula is C15H31NO4S. The summed E-state index contributed by atoms with van der Waals surface area (Å²) in [6.07, 6.45) is 10.4. The van der Waals surface area contributed by atoms with Gasteiger partial charge in [-0.05, 0) is 13.3 Å². The van der Waals surface area contributed by atoms with E-state index in [2.05, 4.69) is 11.1 Å². The Morgan fingerprint density at radius 2 is 1.48 bits per heavy atom. The van der Waals surface area contributed by atoms with Gasteiger partial charge in [-0.25, -0.2) is 0 Å². The topological polar surface area (TPSA) is 86.5 Å². The quantitative estimate of drug-likeness (QED) is 0.416. The molecule has 0 aliphatic heterocycles. The molecule has 0 aromatic carbocycles. The second kappa shape index (κ2) is 12.0. The van der Waals surface area contributed by atoms with Crippen LogP contribution in [0.3, 0.4) is 0 Å². The summed E-state index contributed by atoms with van der Waals surface area (Å²) in [5.74, 6) is -0.668. The molecule has 1 atom stereocenters. The molecule has 126 valence electrons. The van der Waals surface area contributed by atoms with Crippen molar-refractivity contribution < 1.29 is 17.4 Å². The van der Waals surface area contributed by atoms with E-state index >= 15 is 0 Å². The zero-order valence-corrected chi connectivity index (χ0v) is 14.3. The zero-order chi connectivity index (χ0) is 16.1. The Kier molecular flexibility index (Phi) is 11.6. The molecule has 0 saturated heterocycles. The molecule has 21 heavy (non-hydrogen) atoms. The molecule has 5 nitrogen and oxygen atoms in total. The van der Waals surface area contributed by atoms with Crippen molar-refractivity contribution >= 4 is 16.1 Å². The maximum Gasteiger partial charge on any atom is 0.322 e. The van der Waals surface area contributed by atoms with Gasteiger partial charge in [-0.3, -0.25) is 4.79 Å². The van der Waals surface area contributed by atoms with E-state index < -0.39 is 21.3 Å². The monoisotopic (exact) mass is 321 g/mol. The third kappa shape index (κ3) is 10.7. The summed E-state index contributed by atoms with van der Waals surface area (Å²) >= 11 is 0. The van der Waals surface area contributed by atoms with Gasteiger partial charge in [0, 0.05) is 13.0 Å². The minimum Gasteiger partial charge on any atom is -0.345 e. The van der Waals surface area contributed by atoms with Gasteiger partial charge < -0.3 is 9.92 Å². The van der Waals surface area contributed by atoms with Crippen molar-refractivity contribution in [2.75, 3.05) is 6.54 Å². The molecule has 0 aliphatic carbocycles. The molecule has 0 aromatic heterocycles. The average molecular weight is 321 g/mol. The fourth-order valence-electron chi connectivity index (χ4n) is 1.95. The smallest absolute Gasteiger partial charge is 0.322 e. The van der Waals surface area contributed by atoms with Gasteiger partial charge in [0.2, 0.25) is 0 Å². The largest absolute Gasteiger partial charge is 0.345 e. The highest BCUT2D eigenvalue weighted by Gasteiger charge is 2.23. The van der Waals surface area contributed by atoms with E-state index in [1.165, 1.54) is 45.4 Å². The first-order valence-corrected chi connectivity index (χ1v) is 9.57. The lowest BCUT2D eigenvalue weighted by molar-refractivity contribution is -0.134. The van der Waals surface area contributed by atoms with Crippen molar-refractivity contribution in [3.05, 3.63) is 0 Å². The van der Waals surface area contributed by atoms with E-state index in [-0.39, 0.29) is 13.0 Å². The third-order valence-corrected chi connectivity index (χ3v) is 5.11. The van der Waals surface area contributed by atoms with Gasteiger partial charge in [-0.15, -0.1) is 0 Å². The second-order valence-corrected chi connectivity index (χ2v) is 7.53. The molecule has 0 spiro atoms. The van der Waals surface area contributed by atoms with Crippen LogP contribution in [0.5, 0.6) is 0 Å². The van der Waals surface area contributed by atoms with Crippen molar-refractivity contribution in [1.29, 1.82) is 0 Å². The van der Waals surface area contributed by atoms with Crippen LogP contribution in [-0.4, -0.2) is 26.2 Å². The number of carbonyl (C=O) groups is 1. The van der Waals surface area contributed by atoms with Crippen molar-refractivity contribution in [2.24, 2.45) is 5.73 Å². The summed E-state index contributed by atoms with van der Waals surface area (Å²) in [6, 6.07) is 0. The number of rotatable bonds is 13. The van der Waals surface area contributed by atoms with Crippen LogP contribution in [0.25, 0.3) is 0 Å². The summed E-state index contributed by atoms with van der Waals surface area (Å²) in [4.78, 5) is 11.4. The summed E-state index contributed by atoms with van der Waals surface area (Å²) in [5, 5.41) is -0.843.